The second kappa shape index (κ2) is 4.83. The Morgan fingerprint density at radius 3 is 2.56 bits per heavy atom. The summed E-state index contributed by atoms with van der Waals surface area (Å²) in [6.45, 7) is 5.36. The highest BCUT2D eigenvalue weighted by Gasteiger charge is 2.20. The summed E-state index contributed by atoms with van der Waals surface area (Å²) < 4.78 is 13.1. The third kappa shape index (κ3) is 3.49. The van der Waals surface area contributed by atoms with E-state index in [1.807, 2.05) is 13.8 Å². The van der Waals surface area contributed by atoms with E-state index in [0.29, 0.717) is 17.0 Å². The van der Waals surface area contributed by atoms with Crippen LogP contribution in [0.3, 0.4) is 0 Å². The van der Waals surface area contributed by atoms with Gasteiger partial charge < -0.3 is 5.32 Å². The normalized spacial score (nSPS) is 11.3. The van der Waals surface area contributed by atoms with Crippen molar-refractivity contribution in [3.8, 4) is 0 Å². The van der Waals surface area contributed by atoms with Crippen molar-refractivity contribution in [2.45, 2.75) is 26.3 Å². The van der Waals surface area contributed by atoms with Crippen LogP contribution in [0.2, 0.25) is 0 Å². The monoisotopic (exact) mass is 243 g/mol. The topological polar surface area (TPSA) is 29.1 Å². The lowest BCUT2D eigenvalue weighted by Crippen LogP contribution is -2.44. The van der Waals surface area contributed by atoms with Crippen molar-refractivity contribution < 1.29 is 9.18 Å². The Kier molecular flexibility index (Phi) is 3.92. The number of aryl methyl sites for hydroxylation is 1. The summed E-state index contributed by atoms with van der Waals surface area (Å²) in [6.07, 6.45) is 0. The number of carbonyl (C=O) groups is 1. The number of amides is 1. The predicted octanol–water partition coefficient (Wildman–Crippen LogP) is 2.88. The van der Waals surface area contributed by atoms with Crippen molar-refractivity contribution in [2.24, 2.45) is 0 Å². The van der Waals surface area contributed by atoms with Gasteiger partial charge in [-0.3, -0.25) is 4.79 Å². The summed E-state index contributed by atoms with van der Waals surface area (Å²) in [5.74, 6) is -0.422. The number of halogens is 2. The molecule has 0 aliphatic carbocycles. The molecule has 1 aromatic carbocycles. The summed E-state index contributed by atoms with van der Waals surface area (Å²) in [5, 5.41) is 2.74. The standard InChI is InChI=1S/C12H15ClFNO/c1-8-4-9(6-10(14)5-8)11(16)15-12(2,3)7-13/h4-6H,7H2,1-3H3,(H,15,16). The molecule has 88 valence electrons. The van der Waals surface area contributed by atoms with Crippen LogP contribution in [-0.4, -0.2) is 17.3 Å². The Labute approximate surface area is 99.8 Å². The van der Waals surface area contributed by atoms with Crippen molar-refractivity contribution in [3.05, 3.63) is 35.1 Å². The smallest absolute Gasteiger partial charge is 0.251 e. The molecule has 0 bridgehead atoms. The van der Waals surface area contributed by atoms with Crippen LogP contribution in [0.15, 0.2) is 18.2 Å². The summed E-state index contributed by atoms with van der Waals surface area (Å²) in [6, 6.07) is 4.23. The van der Waals surface area contributed by atoms with Gasteiger partial charge in [0.2, 0.25) is 0 Å². The highest BCUT2D eigenvalue weighted by molar-refractivity contribution is 6.18. The van der Waals surface area contributed by atoms with E-state index in [-0.39, 0.29) is 5.91 Å². The minimum Gasteiger partial charge on any atom is -0.346 e. The van der Waals surface area contributed by atoms with Crippen LogP contribution >= 0.6 is 11.6 Å². The van der Waals surface area contributed by atoms with E-state index in [0.717, 1.165) is 0 Å². The molecular formula is C12H15ClFNO. The maximum absolute atomic E-state index is 13.1. The molecule has 1 N–H and O–H groups in total. The van der Waals surface area contributed by atoms with E-state index in [4.69, 9.17) is 11.6 Å². The maximum atomic E-state index is 13.1. The molecule has 1 amide bonds. The molecule has 2 nitrogen and oxygen atoms in total. The molecule has 1 aromatic rings. The molecule has 0 aliphatic heterocycles. The summed E-state index contributed by atoms with van der Waals surface area (Å²) in [7, 11) is 0. The van der Waals surface area contributed by atoms with E-state index < -0.39 is 11.4 Å². The molecule has 16 heavy (non-hydrogen) atoms. The Morgan fingerprint density at radius 2 is 2.06 bits per heavy atom. The lowest BCUT2D eigenvalue weighted by molar-refractivity contribution is 0.0920. The van der Waals surface area contributed by atoms with Gasteiger partial charge in [0, 0.05) is 17.0 Å². The molecule has 0 saturated heterocycles. The molecule has 0 fully saturated rings. The summed E-state index contributed by atoms with van der Waals surface area (Å²) in [5.41, 5.74) is 0.531. The zero-order valence-electron chi connectivity index (χ0n) is 9.60. The van der Waals surface area contributed by atoms with Crippen LogP contribution in [0.4, 0.5) is 4.39 Å². The fourth-order valence-corrected chi connectivity index (χ4v) is 1.35. The molecule has 0 aliphatic rings. The van der Waals surface area contributed by atoms with Gasteiger partial charge in [-0.25, -0.2) is 4.39 Å². The lowest BCUT2D eigenvalue weighted by Gasteiger charge is -2.23. The molecule has 0 unspecified atom stereocenters. The molecule has 0 atom stereocenters. The van der Waals surface area contributed by atoms with E-state index in [2.05, 4.69) is 5.32 Å². The van der Waals surface area contributed by atoms with Gasteiger partial charge in [0.15, 0.2) is 0 Å². The molecule has 0 aromatic heterocycles. The molecule has 0 saturated carbocycles. The minimum absolute atomic E-state index is 0.299. The Hall–Kier alpha value is -1.09. The number of rotatable bonds is 3. The largest absolute Gasteiger partial charge is 0.346 e. The van der Waals surface area contributed by atoms with E-state index in [1.165, 1.54) is 12.1 Å². The average Bonchev–Trinajstić information content (AvgIpc) is 2.15. The molecule has 4 heteroatoms. The Bertz CT molecular complexity index is 384. The van der Waals surface area contributed by atoms with Gasteiger partial charge in [-0.05, 0) is 44.5 Å². The van der Waals surface area contributed by atoms with Crippen molar-refractivity contribution in [1.82, 2.24) is 5.32 Å². The van der Waals surface area contributed by atoms with Gasteiger partial charge in [-0.1, -0.05) is 0 Å². The van der Waals surface area contributed by atoms with Gasteiger partial charge in [0.05, 0.1) is 0 Å². The first kappa shape index (κ1) is 13.0. The predicted molar refractivity (Wildman–Crippen MR) is 63.4 cm³/mol. The third-order valence-corrected chi connectivity index (χ3v) is 2.76. The lowest BCUT2D eigenvalue weighted by atomic mass is 10.1. The van der Waals surface area contributed by atoms with Crippen LogP contribution in [0.25, 0.3) is 0 Å². The van der Waals surface area contributed by atoms with Gasteiger partial charge in [-0.15, -0.1) is 11.6 Å². The van der Waals surface area contributed by atoms with Gasteiger partial charge in [0.25, 0.3) is 5.91 Å². The van der Waals surface area contributed by atoms with Crippen LogP contribution in [0.1, 0.15) is 29.8 Å². The first-order chi connectivity index (χ1) is 7.34. The van der Waals surface area contributed by atoms with Crippen molar-refractivity contribution >= 4 is 17.5 Å². The molecule has 0 heterocycles. The molecule has 1 rings (SSSR count). The van der Waals surface area contributed by atoms with Crippen molar-refractivity contribution in [1.29, 1.82) is 0 Å². The molecule has 0 spiro atoms. The number of alkyl halides is 1. The van der Waals surface area contributed by atoms with E-state index in [9.17, 15) is 9.18 Å². The fourth-order valence-electron chi connectivity index (χ4n) is 1.28. The van der Waals surface area contributed by atoms with Crippen LogP contribution < -0.4 is 5.32 Å². The first-order valence-corrected chi connectivity index (χ1v) is 5.53. The SMILES string of the molecule is Cc1cc(F)cc(C(=O)NC(C)(C)CCl)c1. The van der Waals surface area contributed by atoms with E-state index in [1.54, 1.807) is 13.0 Å². The molecular weight excluding hydrogens is 229 g/mol. The van der Waals surface area contributed by atoms with Crippen molar-refractivity contribution in [2.75, 3.05) is 5.88 Å². The number of carbonyl (C=O) groups excluding carboxylic acids is 1. The zero-order chi connectivity index (χ0) is 12.3. The van der Waals surface area contributed by atoms with Crippen LogP contribution in [0, 0.1) is 12.7 Å². The quantitative estimate of drug-likeness (QED) is 0.813. The second-order valence-corrected chi connectivity index (χ2v) is 4.76. The highest BCUT2D eigenvalue weighted by Crippen LogP contribution is 2.11. The number of hydrogen-bond donors (Lipinski definition) is 1. The minimum atomic E-state index is -0.501. The maximum Gasteiger partial charge on any atom is 0.251 e. The van der Waals surface area contributed by atoms with Gasteiger partial charge >= 0.3 is 0 Å². The molecule has 0 radical (unpaired) electrons. The Morgan fingerprint density at radius 1 is 1.44 bits per heavy atom. The second-order valence-electron chi connectivity index (χ2n) is 4.49. The fraction of sp³-hybridized carbons (Fsp3) is 0.417. The van der Waals surface area contributed by atoms with Gasteiger partial charge in [-0.2, -0.15) is 0 Å². The van der Waals surface area contributed by atoms with Crippen LogP contribution in [-0.2, 0) is 0 Å². The van der Waals surface area contributed by atoms with Crippen LogP contribution in [0.5, 0.6) is 0 Å². The first-order valence-electron chi connectivity index (χ1n) is 5.00. The highest BCUT2D eigenvalue weighted by atomic mass is 35.5. The zero-order valence-corrected chi connectivity index (χ0v) is 10.4. The number of nitrogens with one attached hydrogen (secondary N) is 1. The van der Waals surface area contributed by atoms with E-state index >= 15 is 0 Å². The number of benzene rings is 1. The summed E-state index contributed by atoms with van der Waals surface area (Å²) >= 11 is 5.70. The summed E-state index contributed by atoms with van der Waals surface area (Å²) in [4.78, 5) is 11.8. The Balaban J connectivity index is 2.89. The number of hydrogen-bond acceptors (Lipinski definition) is 1. The van der Waals surface area contributed by atoms with Crippen molar-refractivity contribution in [3.63, 3.8) is 0 Å². The van der Waals surface area contributed by atoms with Gasteiger partial charge in [0.1, 0.15) is 5.82 Å². The average molecular weight is 244 g/mol. The third-order valence-electron chi connectivity index (χ3n) is 2.09.